The summed E-state index contributed by atoms with van der Waals surface area (Å²) in [4.78, 5) is 19.1. The minimum absolute atomic E-state index is 0.0318. The van der Waals surface area contributed by atoms with Gasteiger partial charge in [0.05, 0.1) is 45.2 Å². The van der Waals surface area contributed by atoms with Crippen molar-refractivity contribution in [3.05, 3.63) is 41.5 Å². The zero-order valence-electron chi connectivity index (χ0n) is 28.7. The van der Waals surface area contributed by atoms with Gasteiger partial charge in [0.1, 0.15) is 34.0 Å². The molecule has 3 unspecified atom stereocenters. The van der Waals surface area contributed by atoms with Gasteiger partial charge in [-0.05, 0) is 62.2 Å². The van der Waals surface area contributed by atoms with Gasteiger partial charge in [0.2, 0.25) is 5.88 Å². The number of terminal acetylenes is 1. The molecule has 5 aliphatic rings. The molecule has 0 radical (unpaired) electrons. The molecule has 4 saturated heterocycles. The van der Waals surface area contributed by atoms with E-state index < -0.39 is 11.6 Å². The second-order valence-corrected chi connectivity index (χ2v) is 15.0. The third-order valence-electron chi connectivity index (χ3n) is 11.8. The van der Waals surface area contributed by atoms with Crippen LogP contribution in [0.2, 0.25) is 0 Å². The fourth-order valence-corrected chi connectivity index (χ4v) is 9.48. The Kier molecular flexibility index (Phi) is 8.13. The predicted molar refractivity (Wildman–Crippen MR) is 187 cm³/mol. The van der Waals surface area contributed by atoms with Crippen molar-refractivity contribution in [3.63, 3.8) is 0 Å². The summed E-state index contributed by atoms with van der Waals surface area (Å²) in [6.07, 6.45) is 12.2. The molecule has 5 fully saturated rings. The Morgan fingerprint density at radius 1 is 1.08 bits per heavy atom. The highest BCUT2D eigenvalue weighted by Crippen LogP contribution is 2.49. The summed E-state index contributed by atoms with van der Waals surface area (Å²) in [5, 5.41) is 11.7. The Hall–Kier alpha value is -4.31. The van der Waals surface area contributed by atoms with Crippen LogP contribution < -0.4 is 14.4 Å². The fourth-order valence-electron chi connectivity index (χ4n) is 9.48. The summed E-state index contributed by atoms with van der Waals surface area (Å²) in [7, 11) is 1.46. The number of benzene rings is 2. The first kappa shape index (κ1) is 32.6. The topological polar surface area (TPSA) is 102 Å². The number of likely N-dealkylation sites (tertiary alicyclic amines) is 1. The average Bonchev–Trinajstić information content (AvgIpc) is 3.71. The van der Waals surface area contributed by atoms with E-state index in [1.165, 1.54) is 31.4 Å². The van der Waals surface area contributed by atoms with Crippen molar-refractivity contribution in [2.24, 2.45) is 17.3 Å². The molecule has 2 aromatic carbocycles. The van der Waals surface area contributed by atoms with Crippen LogP contribution >= 0.6 is 0 Å². The van der Waals surface area contributed by atoms with Crippen LogP contribution in [0.4, 0.5) is 14.6 Å². The number of piperidine rings is 2. The molecule has 0 amide bonds. The van der Waals surface area contributed by atoms with Crippen molar-refractivity contribution in [2.75, 3.05) is 64.6 Å². The molecule has 9 rings (SSSR count). The van der Waals surface area contributed by atoms with Gasteiger partial charge in [-0.3, -0.25) is 4.90 Å². The Bertz CT molecular complexity index is 2060. The lowest BCUT2D eigenvalue weighted by Gasteiger charge is -2.48. The number of methoxy groups -OCH3 is 1. The fraction of sp³-hybridized carbons (Fsp3) is 0.513. The van der Waals surface area contributed by atoms with Crippen molar-refractivity contribution in [1.82, 2.24) is 19.9 Å². The zero-order chi connectivity index (χ0) is 34.9. The normalized spacial score (nSPS) is 26.3. The zero-order valence-corrected chi connectivity index (χ0v) is 28.7. The van der Waals surface area contributed by atoms with E-state index in [1.54, 1.807) is 0 Å². The van der Waals surface area contributed by atoms with E-state index in [9.17, 15) is 5.11 Å². The summed E-state index contributed by atoms with van der Waals surface area (Å²) < 4.78 is 56.2. The SMILES string of the molecule is C#Cc1c(F)ccc2cc(O)cc(-c3nc(OC)c4c(N5CC6COC(C6)C5)nc(OC[C@]56CCCC5N(CC5COC5)CCC6)nc4c3F)c12. The van der Waals surface area contributed by atoms with Gasteiger partial charge in [-0.2, -0.15) is 9.97 Å². The molecule has 266 valence electrons. The molecular formula is C39H41F2N5O5. The van der Waals surface area contributed by atoms with E-state index in [1.807, 2.05) is 0 Å². The summed E-state index contributed by atoms with van der Waals surface area (Å²) in [6, 6.07) is 5.99. The van der Waals surface area contributed by atoms with Crippen LogP contribution in [0.3, 0.4) is 0 Å². The number of aromatic hydroxyl groups is 1. The van der Waals surface area contributed by atoms with Gasteiger partial charge in [0.15, 0.2) is 5.82 Å². The van der Waals surface area contributed by atoms with Crippen molar-refractivity contribution in [3.8, 4) is 41.2 Å². The van der Waals surface area contributed by atoms with Crippen molar-refractivity contribution in [1.29, 1.82) is 0 Å². The molecule has 4 aliphatic heterocycles. The maximum Gasteiger partial charge on any atom is 0.319 e. The van der Waals surface area contributed by atoms with Crippen molar-refractivity contribution >= 4 is 27.5 Å². The molecule has 1 aliphatic carbocycles. The summed E-state index contributed by atoms with van der Waals surface area (Å²) in [5.74, 6) is 2.28. The molecule has 4 aromatic rings. The number of rotatable bonds is 8. The first-order chi connectivity index (χ1) is 24.8. The molecule has 2 aromatic heterocycles. The number of phenols is 1. The van der Waals surface area contributed by atoms with Crippen LogP contribution in [0, 0.1) is 41.2 Å². The third-order valence-corrected chi connectivity index (χ3v) is 11.8. The number of fused-ring (bicyclic) bond motifs is 5. The number of ether oxygens (including phenoxy) is 4. The van der Waals surface area contributed by atoms with E-state index in [0.29, 0.717) is 60.8 Å². The van der Waals surface area contributed by atoms with Crippen LogP contribution in [0.25, 0.3) is 32.9 Å². The van der Waals surface area contributed by atoms with Crippen LogP contribution in [-0.2, 0) is 9.47 Å². The third kappa shape index (κ3) is 5.52. The number of hydrogen-bond acceptors (Lipinski definition) is 10. The van der Waals surface area contributed by atoms with Gasteiger partial charge < -0.3 is 29.0 Å². The highest BCUT2D eigenvalue weighted by molar-refractivity contribution is 6.04. The van der Waals surface area contributed by atoms with Gasteiger partial charge in [-0.25, -0.2) is 13.8 Å². The maximum absolute atomic E-state index is 17.2. The van der Waals surface area contributed by atoms with E-state index in [4.69, 9.17) is 35.3 Å². The quantitative estimate of drug-likeness (QED) is 0.231. The molecule has 10 nitrogen and oxygen atoms in total. The van der Waals surface area contributed by atoms with Crippen molar-refractivity contribution < 1.29 is 32.8 Å². The highest BCUT2D eigenvalue weighted by atomic mass is 19.1. The van der Waals surface area contributed by atoms with E-state index in [-0.39, 0.29) is 56.9 Å². The molecule has 4 atom stereocenters. The lowest BCUT2D eigenvalue weighted by Crippen LogP contribution is -2.54. The molecule has 51 heavy (non-hydrogen) atoms. The molecule has 12 heteroatoms. The second-order valence-electron chi connectivity index (χ2n) is 15.0. The van der Waals surface area contributed by atoms with E-state index in [0.717, 1.165) is 64.8 Å². The standard InChI is InChI=1S/C39H41F2N5O5/c1-3-27-29(40)8-7-24-13-25(47)14-28(31(24)27)34-33(41)35-32(37(42-34)48-2)36(46-15-22-12-26(17-46)50-20-22)44-38(43-35)51-21-39-9-4-6-30(39)45(11-5-10-39)16-23-18-49-19-23/h1,7-8,13-14,22-23,26,30,47H,4-6,9-12,15-21H2,2H3/t22?,26?,30?,39-/m1/s1. The number of anilines is 1. The number of pyridine rings is 1. The lowest BCUT2D eigenvalue weighted by molar-refractivity contribution is -0.0731. The van der Waals surface area contributed by atoms with E-state index >= 15 is 8.78 Å². The average molecular weight is 698 g/mol. The Morgan fingerprint density at radius 3 is 2.73 bits per heavy atom. The molecule has 0 spiro atoms. The van der Waals surface area contributed by atoms with Gasteiger partial charge in [-0.15, -0.1) is 6.42 Å². The lowest BCUT2D eigenvalue weighted by atomic mass is 9.75. The number of phenolic OH excluding ortho intramolecular Hbond substituents is 1. The minimum atomic E-state index is -0.780. The number of aromatic nitrogens is 3. The molecule has 1 saturated carbocycles. The Balaban J connectivity index is 1.17. The van der Waals surface area contributed by atoms with E-state index in [2.05, 4.69) is 20.7 Å². The second kappa shape index (κ2) is 12.7. The Labute approximate surface area is 295 Å². The first-order valence-electron chi connectivity index (χ1n) is 18.0. The minimum Gasteiger partial charge on any atom is -0.508 e. The van der Waals surface area contributed by atoms with Gasteiger partial charge in [0, 0.05) is 53.9 Å². The van der Waals surface area contributed by atoms with Crippen LogP contribution in [0.5, 0.6) is 17.6 Å². The smallest absolute Gasteiger partial charge is 0.319 e. The molecular weight excluding hydrogens is 656 g/mol. The van der Waals surface area contributed by atoms with Crippen LogP contribution in [0.1, 0.15) is 44.1 Å². The highest BCUT2D eigenvalue weighted by Gasteiger charge is 2.49. The van der Waals surface area contributed by atoms with Gasteiger partial charge in [-0.1, -0.05) is 18.4 Å². The van der Waals surface area contributed by atoms with Crippen molar-refractivity contribution in [2.45, 2.75) is 50.7 Å². The number of halogens is 2. The first-order valence-corrected chi connectivity index (χ1v) is 18.0. The Morgan fingerprint density at radius 2 is 1.94 bits per heavy atom. The monoisotopic (exact) mass is 697 g/mol. The largest absolute Gasteiger partial charge is 0.508 e. The predicted octanol–water partition coefficient (Wildman–Crippen LogP) is 5.70. The summed E-state index contributed by atoms with van der Waals surface area (Å²) in [5.41, 5.74) is -0.210. The summed E-state index contributed by atoms with van der Waals surface area (Å²) >= 11 is 0. The number of nitrogens with zero attached hydrogens (tertiary/aromatic N) is 5. The molecule has 6 heterocycles. The van der Waals surface area contributed by atoms with Gasteiger partial charge >= 0.3 is 6.01 Å². The molecule has 1 N–H and O–H groups in total. The molecule has 2 bridgehead atoms. The summed E-state index contributed by atoms with van der Waals surface area (Å²) in [6.45, 7) is 6.10. The van der Waals surface area contributed by atoms with Crippen LogP contribution in [0.15, 0.2) is 24.3 Å². The number of hydrogen-bond donors (Lipinski definition) is 1. The maximum atomic E-state index is 17.2. The van der Waals surface area contributed by atoms with Gasteiger partial charge in [0.25, 0.3) is 0 Å². The van der Waals surface area contributed by atoms with Crippen LogP contribution in [-0.4, -0.2) is 96.8 Å².